The minimum Gasteiger partial charge on any atom is -0.368 e. The van der Waals surface area contributed by atoms with Crippen LogP contribution in [0.15, 0.2) is 24.3 Å². The minimum atomic E-state index is 0.162. The summed E-state index contributed by atoms with van der Waals surface area (Å²) in [5.74, 6) is 0.723. The van der Waals surface area contributed by atoms with Gasteiger partial charge in [-0.1, -0.05) is 32.0 Å². The summed E-state index contributed by atoms with van der Waals surface area (Å²) in [5, 5.41) is 3.62. The van der Waals surface area contributed by atoms with Gasteiger partial charge in [0.2, 0.25) is 0 Å². The van der Waals surface area contributed by atoms with Crippen molar-refractivity contribution in [3.8, 4) is 0 Å². The zero-order chi connectivity index (χ0) is 14.8. The van der Waals surface area contributed by atoms with Gasteiger partial charge in [0.05, 0.1) is 0 Å². The third-order valence-corrected chi connectivity index (χ3v) is 4.18. The van der Waals surface area contributed by atoms with Gasteiger partial charge in [0.15, 0.2) is 0 Å². The van der Waals surface area contributed by atoms with Crippen molar-refractivity contribution in [3.63, 3.8) is 0 Å². The molecule has 112 valence electrons. The molecule has 0 radical (unpaired) electrons. The van der Waals surface area contributed by atoms with E-state index in [1.807, 2.05) is 0 Å². The number of para-hydroxylation sites is 1. The van der Waals surface area contributed by atoms with Crippen molar-refractivity contribution >= 4 is 5.69 Å². The van der Waals surface area contributed by atoms with E-state index < -0.39 is 0 Å². The van der Waals surface area contributed by atoms with Crippen molar-refractivity contribution in [2.75, 3.05) is 11.4 Å². The highest BCUT2D eigenvalue weighted by atomic mass is 15.2. The van der Waals surface area contributed by atoms with Gasteiger partial charge in [-0.05, 0) is 51.2 Å². The molecule has 0 aliphatic carbocycles. The van der Waals surface area contributed by atoms with Crippen molar-refractivity contribution in [2.45, 2.75) is 65.6 Å². The summed E-state index contributed by atoms with van der Waals surface area (Å²) < 4.78 is 0. The second kappa shape index (κ2) is 6.17. The van der Waals surface area contributed by atoms with Crippen LogP contribution in [0.4, 0.5) is 5.69 Å². The van der Waals surface area contributed by atoms with E-state index in [4.69, 9.17) is 0 Å². The van der Waals surface area contributed by atoms with Crippen molar-refractivity contribution in [1.82, 2.24) is 5.32 Å². The van der Waals surface area contributed by atoms with Crippen LogP contribution in [0, 0.1) is 5.92 Å². The average Bonchev–Trinajstić information content (AvgIpc) is 2.85. The Morgan fingerprint density at radius 2 is 1.95 bits per heavy atom. The maximum atomic E-state index is 3.62. The van der Waals surface area contributed by atoms with Crippen LogP contribution in [0.5, 0.6) is 0 Å². The largest absolute Gasteiger partial charge is 0.368 e. The van der Waals surface area contributed by atoms with Gasteiger partial charge >= 0.3 is 0 Å². The fourth-order valence-corrected chi connectivity index (χ4v) is 3.09. The Bertz CT molecular complexity index is 431. The Labute approximate surface area is 124 Å². The van der Waals surface area contributed by atoms with Gasteiger partial charge in [0, 0.05) is 30.4 Å². The van der Waals surface area contributed by atoms with E-state index in [1.165, 1.54) is 30.6 Å². The van der Waals surface area contributed by atoms with Crippen LogP contribution >= 0.6 is 0 Å². The molecule has 2 nitrogen and oxygen atoms in total. The lowest BCUT2D eigenvalue weighted by Gasteiger charge is -2.32. The lowest BCUT2D eigenvalue weighted by atomic mass is 10.0. The lowest BCUT2D eigenvalue weighted by Crippen LogP contribution is -2.37. The first-order valence-electron chi connectivity index (χ1n) is 7.98. The molecule has 1 aromatic carbocycles. The summed E-state index contributed by atoms with van der Waals surface area (Å²) in [6, 6.07) is 9.59. The normalized spacial score (nSPS) is 19.9. The Morgan fingerprint density at radius 3 is 2.60 bits per heavy atom. The first-order chi connectivity index (χ1) is 9.38. The first kappa shape index (κ1) is 15.4. The number of hydrogen-bond donors (Lipinski definition) is 1. The molecule has 0 amide bonds. The van der Waals surface area contributed by atoms with Crippen molar-refractivity contribution in [1.29, 1.82) is 0 Å². The monoisotopic (exact) mass is 274 g/mol. The summed E-state index contributed by atoms with van der Waals surface area (Å²) >= 11 is 0. The van der Waals surface area contributed by atoms with Crippen molar-refractivity contribution < 1.29 is 0 Å². The van der Waals surface area contributed by atoms with Crippen LogP contribution in [0.25, 0.3) is 0 Å². The first-order valence-corrected chi connectivity index (χ1v) is 7.98. The fourth-order valence-electron chi connectivity index (χ4n) is 3.09. The van der Waals surface area contributed by atoms with Crippen LogP contribution in [0.1, 0.15) is 53.0 Å². The maximum Gasteiger partial charge on any atom is 0.0414 e. The van der Waals surface area contributed by atoms with Crippen LogP contribution < -0.4 is 10.2 Å². The number of nitrogens with zero attached hydrogens (tertiary/aromatic N) is 1. The van der Waals surface area contributed by atoms with E-state index in [0.717, 1.165) is 12.5 Å². The Morgan fingerprint density at radius 1 is 1.25 bits per heavy atom. The Kier molecular flexibility index (Phi) is 4.74. The fraction of sp³-hybridized carbons (Fsp3) is 0.667. The predicted molar refractivity (Wildman–Crippen MR) is 88.2 cm³/mol. The third-order valence-electron chi connectivity index (χ3n) is 4.18. The van der Waals surface area contributed by atoms with Gasteiger partial charge in [0.25, 0.3) is 0 Å². The number of rotatable bonds is 4. The van der Waals surface area contributed by atoms with Gasteiger partial charge in [-0.25, -0.2) is 0 Å². The molecule has 1 unspecified atom stereocenters. The van der Waals surface area contributed by atoms with Gasteiger partial charge < -0.3 is 10.2 Å². The Balaban J connectivity index is 2.19. The highest BCUT2D eigenvalue weighted by Crippen LogP contribution is 2.32. The summed E-state index contributed by atoms with van der Waals surface area (Å²) in [6.45, 7) is 13.5. The summed E-state index contributed by atoms with van der Waals surface area (Å²) in [6.07, 6.45) is 2.66. The molecular formula is C18H30N2. The molecule has 1 aromatic rings. The molecule has 1 saturated heterocycles. The zero-order valence-electron chi connectivity index (χ0n) is 13.7. The second-order valence-corrected chi connectivity index (χ2v) is 7.38. The number of anilines is 1. The smallest absolute Gasteiger partial charge is 0.0414 e. The molecule has 0 aromatic heterocycles. The van der Waals surface area contributed by atoms with Gasteiger partial charge in [-0.3, -0.25) is 0 Å². The van der Waals surface area contributed by atoms with Crippen molar-refractivity contribution in [3.05, 3.63) is 29.8 Å². The standard InChI is InChI=1S/C18H30N2/c1-14(2)16-11-8-12-20(16)17-10-7-6-9-15(17)13-19-18(3,4)5/h6-7,9-10,14,16,19H,8,11-13H2,1-5H3. The second-order valence-electron chi connectivity index (χ2n) is 7.38. The van der Waals surface area contributed by atoms with Crippen LogP contribution in [0.2, 0.25) is 0 Å². The maximum absolute atomic E-state index is 3.62. The van der Waals surface area contributed by atoms with E-state index in [9.17, 15) is 0 Å². The zero-order valence-corrected chi connectivity index (χ0v) is 13.7. The molecule has 20 heavy (non-hydrogen) atoms. The van der Waals surface area contributed by atoms with E-state index in [1.54, 1.807) is 0 Å². The molecule has 1 aliphatic rings. The summed E-state index contributed by atoms with van der Waals surface area (Å²) in [4.78, 5) is 2.63. The quantitative estimate of drug-likeness (QED) is 0.885. The molecular weight excluding hydrogens is 244 g/mol. The molecule has 1 aliphatic heterocycles. The SMILES string of the molecule is CC(C)C1CCCN1c1ccccc1CNC(C)(C)C. The van der Waals surface area contributed by atoms with E-state index in [-0.39, 0.29) is 5.54 Å². The highest BCUT2D eigenvalue weighted by molar-refractivity contribution is 5.55. The van der Waals surface area contributed by atoms with Gasteiger partial charge in [-0.2, -0.15) is 0 Å². The summed E-state index contributed by atoms with van der Waals surface area (Å²) in [5.41, 5.74) is 3.02. The van der Waals surface area contributed by atoms with E-state index in [2.05, 4.69) is 69.1 Å². The minimum absolute atomic E-state index is 0.162. The molecule has 1 heterocycles. The summed E-state index contributed by atoms with van der Waals surface area (Å²) in [7, 11) is 0. The molecule has 1 N–H and O–H groups in total. The van der Waals surface area contributed by atoms with Crippen LogP contribution in [-0.4, -0.2) is 18.1 Å². The molecule has 1 fully saturated rings. The molecule has 1 atom stereocenters. The predicted octanol–water partition coefficient (Wildman–Crippen LogP) is 4.20. The van der Waals surface area contributed by atoms with Gasteiger partial charge in [0.1, 0.15) is 0 Å². The third kappa shape index (κ3) is 3.76. The molecule has 2 rings (SSSR count). The average molecular weight is 274 g/mol. The topological polar surface area (TPSA) is 15.3 Å². The van der Waals surface area contributed by atoms with E-state index >= 15 is 0 Å². The van der Waals surface area contributed by atoms with Gasteiger partial charge in [-0.15, -0.1) is 0 Å². The van der Waals surface area contributed by atoms with Crippen LogP contribution in [0.3, 0.4) is 0 Å². The molecule has 0 spiro atoms. The van der Waals surface area contributed by atoms with E-state index in [0.29, 0.717) is 6.04 Å². The lowest BCUT2D eigenvalue weighted by molar-refractivity contribution is 0.423. The number of nitrogens with one attached hydrogen (secondary N) is 1. The number of hydrogen-bond acceptors (Lipinski definition) is 2. The Hall–Kier alpha value is -1.02. The number of benzene rings is 1. The van der Waals surface area contributed by atoms with Crippen molar-refractivity contribution in [2.24, 2.45) is 5.92 Å². The molecule has 2 heteroatoms. The molecule has 0 bridgehead atoms. The molecule has 0 saturated carbocycles. The van der Waals surface area contributed by atoms with Crippen LogP contribution in [-0.2, 0) is 6.54 Å². The highest BCUT2D eigenvalue weighted by Gasteiger charge is 2.28.